The Balaban J connectivity index is 4.58. The molecule has 0 rings (SSSR count). The van der Waals surface area contributed by atoms with Crippen LogP contribution in [0.5, 0.6) is 0 Å². The summed E-state index contributed by atoms with van der Waals surface area (Å²) in [5.41, 5.74) is -0.771. The van der Waals surface area contributed by atoms with E-state index < -0.39 is 29.5 Å². The Kier molecular flexibility index (Phi) is 9.45. The summed E-state index contributed by atoms with van der Waals surface area (Å²) >= 11 is 0. The van der Waals surface area contributed by atoms with Gasteiger partial charge in [0.05, 0.1) is 12.0 Å². The molecule has 0 saturated carbocycles. The van der Waals surface area contributed by atoms with Crippen molar-refractivity contribution < 1.29 is 23.9 Å². The van der Waals surface area contributed by atoms with Gasteiger partial charge in [-0.1, -0.05) is 33.1 Å². The fraction of sp³-hybridized carbons (Fsp3) is 0.812. The Bertz CT molecular complexity index is 373. The number of carbonyl (C=O) groups excluding carboxylic acids is 3. The molecule has 128 valence electrons. The Morgan fingerprint density at radius 3 is 2.14 bits per heavy atom. The highest BCUT2D eigenvalue weighted by Gasteiger charge is 2.30. The van der Waals surface area contributed by atoms with Crippen LogP contribution in [0.2, 0.25) is 0 Å². The third-order valence-corrected chi connectivity index (χ3v) is 2.96. The van der Waals surface area contributed by atoms with E-state index in [1.54, 1.807) is 20.8 Å². The molecule has 0 aromatic carbocycles. The number of nitrogens with one attached hydrogen (secondary N) is 1. The molecule has 0 aliphatic carbocycles. The number of alkyl carbamates (subject to hydrolysis) is 1. The number of amides is 1. The molecule has 1 unspecified atom stereocenters. The Morgan fingerprint density at radius 1 is 1.05 bits per heavy atom. The molecule has 1 amide bonds. The van der Waals surface area contributed by atoms with Gasteiger partial charge in [0.2, 0.25) is 0 Å². The zero-order valence-electron chi connectivity index (χ0n) is 14.4. The normalized spacial score (nSPS) is 12.4. The molecule has 0 aromatic rings. The first-order valence-electron chi connectivity index (χ1n) is 7.91. The second-order valence-corrected chi connectivity index (χ2v) is 6.29. The highest BCUT2D eigenvalue weighted by Crippen LogP contribution is 2.16. The molecule has 6 heteroatoms. The maximum atomic E-state index is 12.1. The highest BCUT2D eigenvalue weighted by molar-refractivity contribution is 5.92. The van der Waals surface area contributed by atoms with Crippen molar-refractivity contribution in [2.75, 3.05) is 6.61 Å². The van der Waals surface area contributed by atoms with Crippen molar-refractivity contribution in [3.05, 3.63) is 0 Å². The van der Waals surface area contributed by atoms with E-state index in [1.807, 2.05) is 13.8 Å². The van der Waals surface area contributed by atoms with E-state index in [4.69, 9.17) is 9.47 Å². The van der Waals surface area contributed by atoms with Crippen LogP contribution in [0.25, 0.3) is 0 Å². The number of ether oxygens (including phenoxy) is 2. The predicted molar refractivity (Wildman–Crippen MR) is 83.3 cm³/mol. The van der Waals surface area contributed by atoms with Gasteiger partial charge in [-0.3, -0.25) is 4.79 Å². The van der Waals surface area contributed by atoms with Crippen LogP contribution in [-0.2, 0) is 19.1 Å². The van der Waals surface area contributed by atoms with E-state index in [0.717, 1.165) is 25.7 Å². The molecular formula is C16H29NO5. The number of carbonyl (C=O) groups is 3. The van der Waals surface area contributed by atoms with Crippen LogP contribution in [-0.4, -0.2) is 30.7 Å². The van der Waals surface area contributed by atoms with Gasteiger partial charge in [0.25, 0.3) is 0 Å². The summed E-state index contributed by atoms with van der Waals surface area (Å²) in [5.74, 6) is -1.35. The molecule has 0 radical (unpaired) electrons. The van der Waals surface area contributed by atoms with Crippen LogP contribution in [0, 0.1) is 5.41 Å². The zero-order chi connectivity index (χ0) is 17.2. The van der Waals surface area contributed by atoms with Crippen LogP contribution >= 0.6 is 0 Å². The minimum atomic E-state index is -0.861. The number of esters is 2. The van der Waals surface area contributed by atoms with Crippen LogP contribution < -0.4 is 5.32 Å². The summed E-state index contributed by atoms with van der Waals surface area (Å²) in [6.07, 6.45) is 3.03. The molecule has 1 N–H and O–H groups in total. The fourth-order valence-corrected chi connectivity index (χ4v) is 1.47. The Labute approximate surface area is 132 Å². The van der Waals surface area contributed by atoms with Crippen LogP contribution in [0.3, 0.4) is 0 Å². The highest BCUT2D eigenvalue weighted by atomic mass is 16.6. The monoisotopic (exact) mass is 315 g/mol. The van der Waals surface area contributed by atoms with E-state index in [0.29, 0.717) is 13.0 Å². The van der Waals surface area contributed by atoms with Crippen molar-refractivity contribution in [2.24, 2.45) is 5.41 Å². The van der Waals surface area contributed by atoms with Gasteiger partial charge in [-0.05, 0) is 33.6 Å². The van der Waals surface area contributed by atoms with Crippen molar-refractivity contribution in [3.8, 4) is 0 Å². The topological polar surface area (TPSA) is 81.7 Å². The van der Waals surface area contributed by atoms with Gasteiger partial charge in [0, 0.05) is 0 Å². The number of hydrogen-bond donors (Lipinski definition) is 1. The lowest BCUT2D eigenvalue weighted by molar-refractivity contribution is -0.167. The summed E-state index contributed by atoms with van der Waals surface area (Å²) in [7, 11) is 0. The van der Waals surface area contributed by atoms with Gasteiger partial charge in [-0.25, -0.2) is 9.59 Å². The average molecular weight is 315 g/mol. The van der Waals surface area contributed by atoms with Gasteiger partial charge < -0.3 is 14.8 Å². The minimum Gasteiger partial charge on any atom is -0.450 e. The van der Waals surface area contributed by atoms with Crippen LogP contribution in [0.15, 0.2) is 0 Å². The third-order valence-electron chi connectivity index (χ3n) is 2.96. The van der Waals surface area contributed by atoms with E-state index >= 15 is 0 Å². The Hall–Kier alpha value is -1.59. The first-order valence-corrected chi connectivity index (χ1v) is 7.91. The molecule has 0 saturated heterocycles. The van der Waals surface area contributed by atoms with Gasteiger partial charge in [0.15, 0.2) is 0 Å². The maximum Gasteiger partial charge on any atom is 0.407 e. The van der Waals surface area contributed by atoms with Gasteiger partial charge in [-0.15, -0.1) is 0 Å². The first kappa shape index (κ1) is 20.4. The van der Waals surface area contributed by atoms with Crippen molar-refractivity contribution >= 4 is 18.0 Å². The molecule has 0 spiro atoms. The van der Waals surface area contributed by atoms with Gasteiger partial charge >= 0.3 is 18.0 Å². The predicted octanol–water partition coefficient (Wildman–Crippen LogP) is 3.19. The quantitative estimate of drug-likeness (QED) is 0.422. The molecular weight excluding hydrogens is 286 g/mol. The second kappa shape index (κ2) is 10.2. The number of hydrogen-bond acceptors (Lipinski definition) is 5. The summed E-state index contributed by atoms with van der Waals surface area (Å²) < 4.78 is 9.82. The number of unbranched alkanes of at least 4 members (excludes halogenated alkanes) is 2. The van der Waals surface area contributed by atoms with E-state index in [2.05, 4.69) is 5.32 Å². The van der Waals surface area contributed by atoms with E-state index in [9.17, 15) is 14.4 Å². The molecule has 0 bridgehead atoms. The summed E-state index contributed by atoms with van der Waals surface area (Å²) in [6.45, 7) is 9.25. The van der Waals surface area contributed by atoms with Crippen molar-refractivity contribution in [1.82, 2.24) is 5.32 Å². The molecule has 0 aliphatic rings. The van der Waals surface area contributed by atoms with Crippen LogP contribution in [0.4, 0.5) is 4.79 Å². The lowest BCUT2D eigenvalue weighted by Crippen LogP contribution is -2.44. The van der Waals surface area contributed by atoms with E-state index in [1.165, 1.54) is 0 Å². The Morgan fingerprint density at radius 2 is 1.64 bits per heavy atom. The molecule has 6 nitrogen and oxygen atoms in total. The smallest absolute Gasteiger partial charge is 0.407 e. The van der Waals surface area contributed by atoms with Crippen molar-refractivity contribution in [1.29, 1.82) is 0 Å². The third kappa shape index (κ3) is 8.64. The molecule has 0 aliphatic heterocycles. The van der Waals surface area contributed by atoms with Gasteiger partial charge in [0.1, 0.15) is 6.04 Å². The molecule has 1 atom stereocenters. The zero-order valence-corrected chi connectivity index (χ0v) is 14.4. The van der Waals surface area contributed by atoms with Crippen molar-refractivity contribution in [3.63, 3.8) is 0 Å². The van der Waals surface area contributed by atoms with E-state index in [-0.39, 0.29) is 0 Å². The second-order valence-electron chi connectivity index (χ2n) is 6.29. The van der Waals surface area contributed by atoms with Crippen molar-refractivity contribution in [2.45, 2.75) is 72.8 Å². The minimum absolute atomic E-state index is 0.304. The lowest BCUT2D eigenvalue weighted by Gasteiger charge is -2.20. The maximum absolute atomic E-state index is 12.1. The molecule has 0 heterocycles. The summed E-state index contributed by atoms with van der Waals surface area (Å²) in [6, 6.07) is -0.861. The largest absolute Gasteiger partial charge is 0.450 e. The van der Waals surface area contributed by atoms with Gasteiger partial charge in [-0.2, -0.15) is 0 Å². The molecule has 0 fully saturated rings. The first-order chi connectivity index (χ1) is 10.2. The lowest BCUT2D eigenvalue weighted by atomic mass is 9.97. The molecule has 0 aromatic heterocycles. The summed E-state index contributed by atoms with van der Waals surface area (Å²) in [4.78, 5) is 35.5. The summed E-state index contributed by atoms with van der Waals surface area (Å²) in [5, 5.41) is 2.48. The molecule has 22 heavy (non-hydrogen) atoms. The van der Waals surface area contributed by atoms with Crippen LogP contribution in [0.1, 0.15) is 66.7 Å². The number of rotatable bonds is 8. The fourth-order valence-electron chi connectivity index (χ4n) is 1.47. The standard InChI is InChI=1S/C16H29NO5/c1-6-8-10-12(17-15(20)21-11-9-7-2)13(18)22-14(19)16(3,4)5/h12H,6-11H2,1-5H3,(H,17,20). The average Bonchev–Trinajstić information content (AvgIpc) is 2.42. The SMILES string of the molecule is CCCCOC(=O)NC(CCCC)C(=O)OC(=O)C(C)(C)C.